The van der Waals surface area contributed by atoms with Gasteiger partial charge in [-0.15, -0.1) is 0 Å². The van der Waals surface area contributed by atoms with Gasteiger partial charge in [0.25, 0.3) is 0 Å². The van der Waals surface area contributed by atoms with Gasteiger partial charge in [-0.1, -0.05) is 48.5 Å². The van der Waals surface area contributed by atoms with Crippen molar-refractivity contribution in [2.45, 2.75) is 0 Å². The summed E-state index contributed by atoms with van der Waals surface area (Å²) in [5.74, 6) is 0.826. The number of H-pyrrole nitrogens is 1. The molecule has 120 valence electrons. The molecule has 3 rings (SSSR count). The molecule has 0 atom stereocenters. The molecule has 24 heavy (non-hydrogen) atoms. The lowest BCUT2D eigenvalue weighted by Crippen LogP contribution is -1.87. The molecule has 0 spiro atoms. The Morgan fingerprint density at radius 3 is 2.62 bits per heavy atom. The van der Waals surface area contributed by atoms with Crippen molar-refractivity contribution in [1.82, 2.24) is 9.66 Å². The van der Waals surface area contributed by atoms with Gasteiger partial charge in [0.05, 0.1) is 19.0 Å². The summed E-state index contributed by atoms with van der Waals surface area (Å²) in [6, 6.07) is 17.8. The first-order chi connectivity index (χ1) is 11.8. The molecule has 3 aromatic rings. The van der Waals surface area contributed by atoms with Gasteiger partial charge >= 0.3 is 0 Å². The van der Waals surface area contributed by atoms with Crippen LogP contribution in [0.4, 0.5) is 0 Å². The number of ether oxygens (including phenoxy) is 1. The third-order valence-corrected chi connectivity index (χ3v) is 3.77. The SMILES string of the molecule is COc1ccccc1/C=C/C=N\n1cc(-c2ccccc2)[nH]c1=S. The van der Waals surface area contributed by atoms with Gasteiger partial charge < -0.3 is 9.72 Å². The Bertz CT molecular complexity index is 923. The minimum atomic E-state index is 0.552. The van der Waals surface area contributed by atoms with E-state index in [9.17, 15) is 0 Å². The van der Waals surface area contributed by atoms with Crippen LogP contribution in [0.5, 0.6) is 5.75 Å². The molecule has 0 saturated heterocycles. The normalized spacial score (nSPS) is 11.4. The molecule has 0 aliphatic carbocycles. The van der Waals surface area contributed by atoms with E-state index in [1.807, 2.05) is 72.9 Å². The number of para-hydroxylation sites is 1. The summed E-state index contributed by atoms with van der Waals surface area (Å²) in [4.78, 5) is 3.16. The van der Waals surface area contributed by atoms with Gasteiger partial charge in [-0.05, 0) is 36.0 Å². The zero-order chi connectivity index (χ0) is 16.8. The van der Waals surface area contributed by atoms with E-state index in [2.05, 4.69) is 10.1 Å². The van der Waals surface area contributed by atoms with Crippen LogP contribution in [0.15, 0.2) is 72.0 Å². The van der Waals surface area contributed by atoms with Crippen LogP contribution in [-0.4, -0.2) is 23.0 Å². The molecular weight excluding hydrogens is 318 g/mol. The zero-order valence-corrected chi connectivity index (χ0v) is 14.0. The Kier molecular flexibility index (Phi) is 5.03. The van der Waals surface area contributed by atoms with Crippen LogP contribution >= 0.6 is 12.2 Å². The average Bonchev–Trinajstić information content (AvgIpc) is 3.00. The van der Waals surface area contributed by atoms with Crippen molar-refractivity contribution in [2.24, 2.45) is 5.10 Å². The van der Waals surface area contributed by atoms with E-state index in [0.29, 0.717) is 4.77 Å². The number of allylic oxidation sites excluding steroid dienone is 1. The minimum absolute atomic E-state index is 0.552. The molecule has 0 aliphatic heterocycles. The fraction of sp³-hybridized carbons (Fsp3) is 0.0526. The minimum Gasteiger partial charge on any atom is -0.496 e. The second-order valence-corrected chi connectivity index (χ2v) is 5.44. The Labute approximate surface area is 145 Å². The third-order valence-electron chi connectivity index (χ3n) is 3.48. The zero-order valence-electron chi connectivity index (χ0n) is 13.2. The number of aromatic nitrogens is 2. The molecule has 5 heteroatoms. The molecule has 0 aliphatic rings. The molecule has 1 aromatic heterocycles. The van der Waals surface area contributed by atoms with Crippen LogP contribution < -0.4 is 4.74 Å². The van der Waals surface area contributed by atoms with Crippen LogP contribution in [0.2, 0.25) is 0 Å². The molecule has 0 bridgehead atoms. The Morgan fingerprint density at radius 2 is 1.83 bits per heavy atom. The number of hydrogen-bond donors (Lipinski definition) is 1. The molecule has 4 nitrogen and oxygen atoms in total. The number of methoxy groups -OCH3 is 1. The molecular formula is C19H17N3OS. The van der Waals surface area contributed by atoms with E-state index in [1.54, 1.807) is 18.0 Å². The monoisotopic (exact) mass is 335 g/mol. The van der Waals surface area contributed by atoms with Gasteiger partial charge in [0, 0.05) is 11.8 Å². The van der Waals surface area contributed by atoms with Crippen molar-refractivity contribution >= 4 is 24.5 Å². The fourth-order valence-corrected chi connectivity index (χ4v) is 2.51. The topological polar surface area (TPSA) is 42.3 Å². The van der Waals surface area contributed by atoms with Gasteiger partial charge in [-0.3, -0.25) is 0 Å². The van der Waals surface area contributed by atoms with Gasteiger partial charge in [-0.25, -0.2) is 4.68 Å². The van der Waals surface area contributed by atoms with Crippen LogP contribution in [0.3, 0.4) is 0 Å². The molecule has 0 fully saturated rings. The van der Waals surface area contributed by atoms with Crippen molar-refractivity contribution in [3.05, 3.63) is 77.2 Å². The van der Waals surface area contributed by atoms with E-state index in [-0.39, 0.29) is 0 Å². The molecule has 0 saturated carbocycles. The smallest absolute Gasteiger partial charge is 0.198 e. The maximum Gasteiger partial charge on any atom is 0.198 e. The van der Waals surface area contributed by atoms with Gasteiger partial charge in [0.1, 0.15) is 5.75 Å². The second kappa shape index (κ2) is 7.57. The number of rotatable bonds is 5. The van der Waals surface area contributed by atoms with Crippen LogP contribution in [0, 0.1) is 4.77 Å². The summed E-state index contributed by atoms with van der Waals surface area (Å²) in [7, 11) is 1.66. The van der Waals surface area contributed by atoms with Crippen LogP contribution in [0.1, 0.15) is 5.56 Å². The molecule has 1 N–H and O–H groups in total. The van der Waals surface area contributed by atoms with E-state index in [1.165, 1.54) is 0 Å². The molecule has 2 aromatic carbocycles. The van der Waals surface area contributed by atoms with Crippen molar-refractivity contribution in [3.8, 4) is 17.0 Å². The summed E-state index contributed by atoms with van der Waals surface area (Å²) in [6.07, 6.45) is 7.38. The quantitative estimate of drug-likeness (QED) is 0.539. The van der Waals surface area contributed by atoms with Crippen LogP contribution in [0.25, 0.3) is 17.3 Å². The highest BCUT2D eigenvalue weighted by molar-refractivity contribution is 7.71. The van der Waals surface area contributed by atoms with Crippen molar-refractivity contribution < 1.29 is 4.74 Å². The van der Waals surface area contributed by atoms with Gasteiger partial charge in [0.2, 0.25) is 0 Å². The number of hydrogen-bond acceptors (Lipinski definition) is 3. The number of imidazole rings is 1. The first-order valence-corrected chi connectivity index (χ1v) is 7.90. The lowest BCUT2D eigenvalue weighted by atomic mass is 10.2. The van der Waals surface area contributed by atoms with Gasteiger partial charge in [-0.2, -0.15) is 5.10 Å². The molecule has 0 amide bonds. The van der Waals surface area contributed by atoms with Crippen LogP contribution in [-0.2, 0) is 0 Å². The Balaban J connectivity index is 1.77. The lowest BCUT2D eigenvalue weighted by molar-refractivity contribution is 0.414. The predicted octanol–water partition coefficient (Wildman–Crippen LogP) is 4.77. The Morgan fingerprint density at radius 1 is 1.08 bits per heavy atom. The van der Waals surface area contributed by atoms with Gasteiger partial charge in [0.15, 0.2) is 4.77 Å². The van der Waals surface area contributed by atoms with Crippen molar-refractivity contribution in [1.29, 1.82) is 0 Å². The lowest BCUT2D eigenvalue weighted by Gasteiger charge is -2.02. The number of benzene rings is 2. The number of aromatic amines is 1. The highest BCUT2D eigenvalue weighted by Crippen LogP contribution is 2.18. The Hall–Kier alpha value is -2.92. The van der Waals surface area contributed by atoms with E-state index in [0.717, 1.165) is 22.6 Å². The van der Waals surface area contributed by atoms with E-state index >= 15 is 0 Å². The second-order valence-electron chi connectivity index (χ2n) is 5.05. The summed E-state index contributed by atoms with van der Waals surface area (Å²) in [5.41, 5.74) is 3.00. The first kappa shape index (κ1) is 16.0. The highest BCUT2D eigenvalue weighted by atomic mass is 32.1. The summed E-state index contributed by atoms with van der Waals surface area (Å²) < 4.78 is 7.50. The number of nitrogens with zero attached hydrogens (tertiary/aromatic N) is 2. The predicted molar refractivity (Wildman–Crippen MR) is 101 cm³/mol. The number of nitrogens with one attached hydrogen (secondary N) is 1. The van der Waals surface area contributed by atoms with Crippen molar-refractivity contribution in [3.63, 3.8) is 0 Å². The van der Waals surface area contributed by atoms with Crippen molar-refractivity contribution in [2.75, 3.05) is 7.11 Å². The average molecular weight is 335 g/mol. The van der Waals surface area contributed by atoms with E-state index in [4.69, 9.17) is 17.0 Å². The fourth-order valence-electron chi connectivity index (χ4n) is 2.30. The standard InChI is InChI=1S/C19H17N3OS/c1-23-18-12-6-5-10-16(18)11-7-13-20-22-14-17(21-19(22)24)15-8-3-2-4-9-15/h2-14H,1H3,(H,21,24)/b11-7+,20-13-. The first-order valence-electron chi connectivity index (χ1n) is 7.49. The summed E-state index contributed by atoms with van der Waals surface area (Å²) >= 11 is 5.31. The molecule has 0 radical (unpaired) electrons. The largest absolute Gasteiger partial charge is 0.496 e. The third kappa shape index (κ3) is 3.70. The highest BCUT2D eigenvalue weighted by Gasteiger charge is 2.01. The molecule has 0 unspecified atom stereocenters. The van der Waals surface area contributed by atoms with E-state index < -0.39 is 0 Å². The maximum atomic E-state index is 5.31. The summed E-state index contributed by atoms with van der Waals surface area (Å²) in [5, 5.41) is 4.35. The maximum absolute atomic E-state index is 5.31. The summed E-state index contributed by atoms with van der Waals surface area (Å²) in [6.45, 7) is 0. The molecule has 1 heterocycles.